The minimum atomic E-state index is -0.376. The highest BCUT2D eigenvalue weighted by molar-refractivity contribution is 6.30. The summed E-state index contributed by atoms with van der Waals surface area (Å²) in [5.74, 6) is 0.630. The van der Waals surface area contributed by atoms with Gasteiger partial charge < -0.3 is 14.1 Å². The summed E-state index contributed by atoms with van der Waals surface area (Å²) in [4.78, 5) is 24.2. The first-order valence-corrected chi connectivity index (χ1v) is 10.6. The van der Waals surface area contributed by atoms with Crippen molar-refractivity contribution in [2.45, 2.75) is 12.5 Å². The van der Waals surface area contributed by atoms with E-state index in [0.29, 0.717) is 35.4 Å². The maximum atomic E-state index is 13.5. The van der Waals surface area contributed by atoms with Gasteiger partial charge in [-0.15, -0.1) is 0 Å². The molecule has 3 heterocycles. The molecule has 0 fully saturated rings. The number of hydrogen-bond acceptors (Lipinski definition) is 6. The van der Waals surface area contributed by atoms with Crippen LogP contribution in [0.4, 0.5) is 5.69 Å². The molecule has 6 nitrogen and oxygen atoms in total. The third-order valence-corrected chi connectivity index (χ3v) is 5.87. The van der Waals surface area contributed by atoms with E-state index in [2.05, 4.69) is 14.9 Å². The predicted octanol–water partition coefficient (Wildman–Crippen LogP) is 5.39. The number of rotatable bonds is 6. The third kappa shape index (κ3) is 3.85. The fraction of sp³-hybridized carbons (Fsp3) is 0.160. The normalized spacial score (nSPS) is 14.9. The molecule has 0 aliphatic carbocycles. The second-order valence-corrected chi connectivity index (χ2v) is 8.06. The zero-order chi connectivity index (χ0) is 22.1. The number of anilines is 1. The van der Waals surface area contributed by atoms with Crippen LogP contribution < -0.4 is 9.64 Å². The van der Waals surface area contributed by atoms with Crippen LogP contribution in [0.25, 0.3) is 11.5 Å². The molecule has 160 valence electrons. The number of ketones is 1. The number of hydrogen-bond donors (Lipinski definition) is 0. The minimum Gasteiger partial charge on any atom is -0.497 e. The van der Waals surface area contributed by atoms with Crippen molar-refractivity contribution >= 4 is 23.1 Å². The molecule has 5 rings (SSSR count). The van der Waals surface area contributed by atoms with E-state index in [1.54, 1.807) is 25.6 Å². The molecule has 0 saturated carbocycles. The fourth-order valence-electron chi connectivity index (χ4n) is 4.02. The summed E-state index contributed by atoms with van der Waals surface area (Å²) in [5, 5.41) is 0.698. The maximum absolute atomic E-state index is 13.5. The molecule has 0 bridgehead atoms. The van der Waals surface area contributed by atoms with E-state index in [4.69, 9.17) is 20.8 Å². The molecule has 0 spiro atoms. The number of benzene rings is 2. The van der Waals surface area contributed by atoms with Gasteiger partial charge in [-0.25, -0.2) is 4.98 Å². The Hall–Kier alpha value is -3.64. The SMILES string of the molecule is COc1ccc2c(c1)C(C(=O)c1coc(-c3cccnc3)n1)CN2Cc1ccc(Cl)cc1. The molecule has 2 aromatic heterocycles. The van der Waals surface area contributed by atoms with Crippen LogP contribution in [0, 0.1) is 0 Å². The zero-order valence-electron chi connectivity index (χ0n) is 17.4. The molecule has 1 aliphatic rings. The lowest BCUT2D eigenvalue weighted by Gasteiger charge is -2.20. The van der Waals surface area contributed by atoms with Crippen LogP contribution in [0.5, 0.6) is 5.75 Å². The number of nitrogens with zero attached hydrogens (tertiary/aromatic N) is 3. The lowest BCUT2D eigenvalue weighted by Crippen LogP contribution is -2.24. The number of Topliss-reactive ketones (excluding diaryl/α,β-unsaturated/α-hetero) is 1. The molecule has 2 aromatic carbocycles. The summed E-state index contributed by atoms with van der Waals surface area (Å²) >= 11 is 6.03. The van der Waals surface area contributed by atoms with Gasteiger partial charge in [0.25, 0.3) is 0 Å². The number of oxazole rings is 1. The summed E-state index contributed by atoms with van der Waals surface area (Å²) in [6.45, 7) is 1.21. The molecule has 7 heteroatoms. The van der Waals surface area contributed by atoms with Crippen molar-refractivity contribution in [3.8, 4) is 17.2 Å². The van der Waals surface area contributed by atoms with E-state index in [9.17, 15) is 4.79 Å². The van der Waals surface area contributed by atoms with E-state index < -0.39 is 0 Å². The number of carbonyl (C=O) groups is 1. The van der Waals surface area contributed by atoms with E-state index in [1.165, 1.54) is 6.26 Å². The van der Waals surface area contributed by atoms with E-state index in [1.807, 2.05) is 48.5 Å². The number of aromatic nitrogens is 2. The van der Waals surface area contributed by atoms with Gasteiger partial charge in [0, 0.05) is 36.2 Å². The maximum Gasteiger partial charge on any atom is 0.228 e. The summed E-state index contributed by atoms with van der Waals surface area (Å²) in [5.41, 5.74) is 4.08. The van der Waals surface area contributed by atoms with Crippen molar-refractivity contribution in [3.05, 3.63) is 95.1 Å². The van der Waals surface area contributed by atoms with Crippen molar-refractivity contribution in [3.63, 3.8) is 0 Å². The molecule has 1 unspecified atom stereocenters. The molecule has 0 amide bonds. The van der Waals surface area contributed by atoms with E-state index >= 15 is 0 Å². The molecule has 32 heavy (non-hydrogen) atoms. The molecule has 1 aliphatic heterocycles. The Kier molecular flexibility index (Phi) is 5.37. The lowest BCUT2D eigenvalue weighted by atomic mass is 9.95. The van der Waals surface area contributed by atoms with Gasteiger partial charge in [0.05, 0.1) is 18.6 Å². The van der Waals surface area contributed by atoms with Crippen molar-refractivity contribution in [2.24, 2.45) is 0 Å². The van der Waals surface area contributed by atoms with E-state index in [-0.39, 0.29) is 11.7 Å². The summed E-state index contributed by atoms with van der Waals surface area (Å²) in [6, 6.07) is 17.2. The van der Waals surface area contributed by atoms with Gasteiger partial charge in [0.15, 0.2) is 5.78 Å². The fourth-order valence-corrected chi connectivity index (χ4v) is 4.14. The Balaban J connectivity index is 1.45. The standard InChI is InChI=1S/C25H20ClN3O3/c1-31-19-8-9-23-20(11-19)21(14-29(23)13-16-4-6-18(26)7-5-16)24(30)22-15-32-25(28-22)17-3-2-10-27-12-17/h2-12,15,21H,13-14H2,1H3. The molecule has 0 N–H and O–H groups in total. The van der Waals surface area contributed by atoms with Crippen molar-refractivity contribution in [1.82, 2.24) is 9.97 Å². The Morgan fingerprint density at radius 2 is 2.06 bits per heavy atom. The molecular weight excluding hydrogens is 426 g/mol. The smallest absolute Gasteiger partial charge is 0.228 e. The monoisotopic (exact) mass is 445 g/mol. The van der Waals surface area contributed by atoms with Crippen LogP contribution in [0.2, 0.25) is 5.02 Å². The second-order valence-electron chi connectivity index (χ2n) is 7.63. The number of carbonyl (C=O) groups excluding carboxylic acids is 1. The van der Waals surface area contributed by atoms with Crippen molar-refractivity contribution in [2.75, 3.05) is 18.6 Å². The second kappa shape index (κ2) is 8.48. The van der Waals surface area contributed by atoms with Gasteiger partial charge in [0.2, 0.25) is 5.89 Å². The largest absolute Gasteiger partial charge is 0.497 e. The number of halogens is 1. The first-order valence-electron chi connectivity index (χ1n) is 10.2. The van der Waals surface area contributed by atoms with Crippen LogP contribution >= 0.6 is 11.6 Å². The molecule has 4 aromatic rings. The van der Waals surface area contributed by atoms with Crippen LogP contribution in [-0.4, -0.2) is 29.4 Å². The van der Waals surface area contributed by atoms with Crippen LogP contribution in [0.15, 0.2) is 77.7 Å². The average molecular weight is 446 g/mol. The van der Waals surface area contributed by atoms with Gasteiger partial charge in [-0.2, -0.15) is 0 Å². The van der Waals surface area contributed by atoms with Crippen LogP contribution in [0.3, 0.4) is 0 Å². The zero-order valence-corrected chi connectivity index (χ0v) is 18.1. The third-order valence-electron chi connectivity index (χ3n) is 5.62. The van der Waals surface area contributed by atoms with Crippen LogP contribution in [-0.2, 0) is 6.54 Å². The summed E-state index contributed by atoms with van der Waals surface area (Å²) in [7, 11) is 1.62. The lowest BCUT2D eigenvalue weighted by molar-refractivity contribution is 0.0960. The van der Waals surface area contributed by atoms with Gasteiger partial charge in [-0.3, -0.25) is 9.78 Å². The number of ether oxygens (including phenoxy) is 1. The number of methoxy groups -OCH3 is 1. The van der Waals surface area contributed by atoms with Crippen molar-refractivity contribution in [1.29, 1.82) is 0 Å². The number of fused-ring (bicyclic) bond motifs is 1. The molecular formula is C25H20ClN3O3. The van der Waals surface area contributed by atoms with Gasteiger partial charge in [-0.05, 0) is 53.6 Å². The minimum absolute atomic E-state index is 0.0861. The first kappa shape index (κ1) is 20.3. The highest BCUT2D eigenvalue weighted by atomic mass is 35.5. The Bertz CT molecular complexity index is 1260. The highest BCUT2D eigenvalue weighted by Gasteiger charge is 2.36. The van der Waals surface area contributed by atoms with Gasteiger partial charge >= 0.3 is 0 Å². The summed E-state index contributed by atoms with van der Waals surface area (Å²) in [6.07, 6.45) is 4.76. The summed E-state index contributed by atoms with van der Waals surface area (Å²) < 4.78 is 11.0. The Morgan fingerprint density at radius 3 is 2.81 bits per heavy atom. The number of pyridine rings is 1. The Morgan fingerprint density at radius 1 is 1.22 bits per heavy atom. The van der Waals surface area contributed by atoms with Gasteiger partial charge in [-0.1, -0.05) is 23.7 Å². The molecule has 0 saturated heterocycles. The predicted molar refractivity (Wildman–Crippen MR) is 122 cm³/mol. The average Bonchev–Trinajstić information content (AvgIpc) is 3.46. The van der Waals surface area contributed by atoms with Crippen LogP contribution in [0.1, 0.15) is 27.5 Å². The Labute approximate surface area is 190 Å². The highest BCUT2D eigenvalue weighted by Crippen LogP contribution is 2.41. The molecule has 1 atom stereocenters. The quantitative estimate of drug-likeness (QED) is 0.371. The first-order chi connectivity index (χ1) is 15.6. The van der Waals surface area contributed by atoms with Crippen molar-refractivity contribution < 1.29 is 13.9 Å². The topological polar surface area (TPSA) is 68.5 Å². The van der Waals surface area contributed by atoms with Gasteiger partial charge in [0.1, 0.15) is 17.7 Å². The van der Waals surface area contributed by atoms with E-state index in [0.717, 1.165) is 22.4 Å². The molecule has 0 radical (unpaired) electrons.